The van der Waals surface area contributed by atoms with Crippen molar-refractivity contribution in [1.29, 1.82) is 0 Å². The van der Waals surface area contributed by atoms with E-state index in [0.717, 1.165) is 29.4 Å². The zero-order valence-electron chi connectivity index (χ0n) is 11.2. The van der Waals surface area contributed by atoms with E-state index in [2.05, 4.69) is 26.0 Å². The van der Waals surface area contributed by atoms with Crippen LogP contribution in [0.1, 0.15) is 41.6 Å². The molecule has 0 saturated heterocycles. The van der Waals surface area contributed by atoms with Gasteiger partial charge in [-0.2, -0.15) is 0 Å². The van der Waals surface area contributed by atoms with Gasteiger partial charge in [-0.15, -0.1) is 0 Å². The number of aromatic nitrogens is 1. The van der Waals surface area contributed by atoms with E-state index in [1.165, 1.54) is 41.6 Å². The molecule has 0 aliphatic heterocycles. The number of aryl methyl sites for hydroxylation is 3. The van der Waals surface area contributed by atoms with Crippen molar-refractivity contribution < 1.29 is 0 Å². The van der Waals surface area contributed by atoms with Gasteiger partial charge in [0.15, 0.2) is 0 Å². The van der Waals surface area contributed by atoms with Gasteiger partial charge < -0.3 is 5.73 Å². The van der Waals surface area contributed by atoms with Crippen LogP contribution in [0.3, 0.4) is 0 Å². The van der Waals surface area contributed by atoms with Crippen LogP contribution in [0.5, 0.6) is 0 Å². The standard InChI is InChI=1S/C16H20N2/c1-10-8-11(2)16-13(9-10)15(17)12-6-4-3-5-7-14(12)18-16/h8-9H,3-7H2,1-2H3,(H2,17,18). The second kappa shape index (κ2) is 4.27. The molecule has 0 atom stereocenters. The van der Waals surface area contributed by atoms with Crippen molar-refractivity contribution in [3.63, 3.8) is 0 Å². The van der Waals surface area contributed by atoms with Crippen LogP contribution in [-0.4, -0.2) is 4.98 Å². The molecule has 1 aliphatic carbocycles. The number of benzene rings is 1. The van der Waals surface area contributed by atoms with Crippen molar-refractivity contribution in [3.05, 3.63) is 34.5 Å². The van der Waals surface area contributed by atoms with E-state index < -0.39 is 0 Å². The average Bonchev–Trinajstić information content (AvgIpc) is 2.56. The zero-order chi connectivity index (χ0) is 12.7. The molecule has 0 fully saturated rings. The molecule has 0 radical (unpaired) electrons. The number of anilines is 1. The van der Waals surface area contributed by atoms with Crippen LogP contribution in [0.4, 0.5) is 5.69 Å². The molecule has 1 aromatic heterocycles. The topological polar surface area (TPSA) is 38.9 Å². The highest BCUT2D eigenvalue weighted by Gasteiger charge is 2.16. The number of nitrogen functional groups attached to an aromatic ring is 1. The van der Waals surface area contributed by atoms with Gasteiger partial charge in [-0.1, -0.05) is 18.1 Å². The Morgan fingerprint density at radius 1 is 1.06 bits per heavy atom. The molecule has 1 heterocycles. The maximum absolute atomic E-state index is 6.41. The minimum atomic E-state index is 0.976. The first-order valence-electron chi connectivity index (χ1n) is 6.85. The fourth-order valence-corrected chi connectivity index (χ4v) is 3.09. The highest BCUT2D eigenvalue weighted by atomic mass is 14.7. The van der Waals surface area contributed by atoms with Crippen LogP contribution in [0.15, 0.2) is 12.1 Å². The van der Waals surface area contributed by atoms with E-state index in [1.807, 2.05) is 0 Å². The monoisotopic (exact) mass is 240 g/mol. The van der Waals surface area contributed by atoms with E-state index >= 15 is 0 Å². The fourth-order valence-electron chi connectivity index (χ4n) is 3.09. The summed E-state index contributed by atoms with van der Waals surface area (Å²) in [5.74, 6) is 0. The largest absolute Gasteiger partial charge is 0.398 e. The molecule has 2 aromatic rings. The normalized spacial score (nSPS) is 15.4. The van der Waals surface area contributed by atoms with Gasteiger partial charge in [0.1, 0.15) is 0 Å². The van der Waals surface area contributed by atoms with Crippen molar-refractivity contribution in [3.8, 4) is 0 Å². The molecule has 18 heavy (non-hydrogen) atoms. The predicted molar refractivity (Wildman–Crippen MR) is 76.9 cm³/mol. The van der Waals surface area contributed by atoms with Crippen molar-refractivity contribution in [2.24, 2.45) is 0 Å². The molecule has 2 N–H and O–H groups in total. The first-order valence-corrected chi connectivity index (χ1v) is 6.85. The number of hydrogen-bond acceptors (Lipinski definition) is 2. The fraction of sp³-hybridized carbons (Fsp3) is 0.438. The number of pyridine rings is 1. The Kier molecular flexibility index (Phi) is 2.73. The number of hydrogen-bond donors (Lipinski definition) is 1. The van der Waals surface area contributed by atoms with E-state index in [0.29, 0.717) is 0 Å². The van der Waals surface area contributed by atoms with Crippen LogP contribution in [0.25, 0.3) is 10.9 Å². The Morgan fingerprint density at radius 3 is 2.67 bits per heavy atom. The Hall–Kier alpha value is -1.57. The van der Waals surface area contributed by atoms with Crippen LogP contribution < -0.4 is 5.73 Å². The highest BCUT2D eigenvalue weighted by molar-refractivity contribution is 5.94. The lowest BCUT2D eigenvalue weighted by Crippen LogP contribution is -2.04. The third kappa shape index (κ3) is 1.76. The molecule has 2 nitrogen and oxygen atoms in total. The zero-order valence-corrected chi connectivity index (χ0v) is 11.2. The van der Waals surface area contributed by atoms with Crippen LogP contribution >= 0.6 is 0 Å². The number of rotatable bonds is 0. The molecule has 94 valence electrons. The quantitative estimate of drug-likeness (QED) is 0.713. The Balaban J connectivity index is 2.34. The highest BCUT2D eigenvalue weighted by Crippen LogP contribution is 2.32. The molecule has 0 saturated carbocycles. The lowest BCUT2D eigenvalue weighted by atomic mass is 9.99. The summed E-state index contributed by atoms with van der Waals surface area (Å²) in [5.41, 5.74) is 13.5. The molecule has 0 unspecified atom stereocenters. The second-order valence-corrected chi connectivity index (χ2v) is 5.49. The lowest BCUT2D eigenvalue weighted by molar-refractivity contribution is 0.709. The molecule has 0 spiro atoms. The summed E-state index contributed by atoms with van der Waals surface area (Å²) in [5, 5.41) is 1.15. The van der Waals surface area contributed by atoms with Gasteiger partial charge in [0.25, 0.3) is 0 Å². The van der Waals surface area contributed by atoms with Crippen LogP contribution in [-0.2, 0) is 12.8 Å². The van der Waals surface area contributed by atoms with E-state index in [4.69, 9.17) is 10.7 Å². The van der Waals surface area contributed by atoms with E-state index in [-0.39, 0.29) is 0 Å². The number of fused-ring (bicyclic) bond motifs is 2. The average molecular weight is 240 g/mol. The van der Waals surface area contributed by atoms with Gasteiger partial charge in [0, 0.05) is 16.8 Å². The summed E-state index contributed by atoms with van der Waals surface area (Å²) in [6, 6.07) is 4.37. The SMILES string of the molecule is Cc1cc(C)c2nc3c(c(N)c2c1)CCCCC3. The van der Waals surface area contributed by atoms with Crippen molar-refractivity contribution in [2.45, 2.75) is 46.0 Å². The number of nitrogens with two attached hydrogens (primary N) is 1. The van der Waals surface area contributed by atoms with Gasteiger partial charge in [-0.25, -0.2) is 0 Å². The van der Waals surface area contributed by atoms with Gasteiger partial charge in [0.2, 0.25) is 0 Å². The summed E-state index contributed by atoms with van der Waals surface area (Å²) in [6.45, 7) is 4.25. The third-order valence-electron chi connectivity index (χ3n) is 4.00. The molecular weight excluding hydrogens is 220 g/mol. The van der Waals surface area contributed by atoms with Crippen molar-refractivity contribution in [1.82, 2.24) is 4.98 Å². The predicted octanol–water partition coefficient (Wildman–Crippen LogP) is 3.70. The Labute approximate surface area is 108 Å². The molecular formula is C16H20N2. The minimum Gasteiger partial charge on any atom is -0.398 e. The minimum absolute atomic E-state index is 0.976. The first kappa shape index (κ1) is 11.5. The maximum Gasteiger partial charge on any atom is 0.0755 e. The Bertz CT molecular complexity index is 614. The molecule has 0 amide bonds. The van der Waals surface area contributed by atoms with E-state index in [9.17, 15) is 0 Å². The van der Waals surface area contributed by atoms with Crippen LogP contribution in [0, 0.1) is 13.8 Å². The van der Waals surface area contributed by atoms with Gasteiger partial charge in [-0.3, -0.25) is 4.98 Å². The lowest BCUT2D eigenvalue weighted by Gasteiger charge is -2.14. The maximum atomic E-state index is 6.41. The van der Waals surface area contributed by atoms with Gasteiger partial charge >= 0.3 is 0 Å². The van der Waals surface area contributed by atoms with Crippen molar-refractivity contribution >= 4 is 16.6 Å². The number of nitrogens with zero attached hydrogens (tertiary/aromatic N) is 1. The second-order valence-electron chi connectivity index (χ2n) is 5.49. The van der Waals surface area contributed by atoms with Gasteiger partial charge in [-0.05, 0) is 56.7 Å². The van der Waals surface area contributed by atoms with Gasteiger partial charge in [0.05, 0.1) is 5.52 Å². The summed E-state index contributed by atoms with van der Waals surface area (Å²) in [7, 11) is 0. The van der Waals surface area contributed by atoms with Crippen LogP contribution in [0.2, 0.25) is 0 Å². The van der Waals surface area contributed by atoms with Crippen molar-refractivity contribution in [2.75, 3.05) is 5.73 Å². The Morgan fingerprint density at radius 2 is 1.83 bits per heavy atom. The van der Waals surface area contributed by atoms with E-state index in [1.54, 1.807) is 0 Å². The molecule has 1 aliphatic rings. The smallest absolute Gasteiger partial charge is 0.0755 e. The summed E-state index contributed by atoms with van der Waals surface area (Å²) >= 11 is 0. The summed E-state index contributed by atoms with van der Waals surface area (Å²) < 4.78 is 0. The summed E-state index contributed by atoms with van der Waals surface area (Å²) in [6.07, 6.45) is 5.97. The third-order valence-corrected chi connectivity index (χ3v) is 4.00. The first-order chi connectivity index (χ1) is 8.66. The summed E-state index contributed by atoms with van der Waals surface area (Å²) in [4.78, 5) is 4.90. The molecule has 1 aromatic carbocycles. The molecule has 0 bridgehead atoms. The molecule has 2 heteroatoms. The molecule has 3 rings (SSSR count).